The van der Waals surface area contributed by atoms with Gasteiger partial charge in [-0.1, -0.05) is 12.1 Å². The molecule has 2 unspecified atom stereocenters. The third kappa shape index (κ3) is 2.90. The van der Waals surface area contributed by atoms with Crippen LogP contribution in [0.5, 0.6) is 0 Å². The van der Waals surface area contributed by atoms with Crippen LogP contribution < -0.4 is 0 Å². The van der Waals surface area contributed by atoms with E-state index in [0.717, 1.165) is 23.4 Å². The third-order valence-electron chi connectivity index (χ3n) is 4.82. The molecule has 0 N–H and O–H groups in total. The van der Waals surface area contributed by atoms with Gasteiger partial charge in [-0.15, -0.1) is 11.6 Å². The van der Waals surface area contributed by atoms with Crippen LogP contribution in [0.2, 0.25) is 0 Å². The summed E-state index contributed by atoms with van der Waals surface area (Å²) in [6.07, 6.45) is 6.46. The maximum Gasteiger partial charge on any atom is 0.341 e. The molecule has 2 atom stereocenters. The van der Waals surface area contributed by atoms with Crippen LogP contribution in [-0.2, 0) is 17.7 Å². The number of hydrogen-bond acceptors (Lipinski definition) is 4. The number of methoxy groups -OCH3 is 1. The number of halogens is 1. The van der Waals surface area contributed by atoms with Crippen LogP contribution in [0.25, 0.3) is 5.69 Å². The molecule has 0 bridgehead atoms. The predicted molar refractivity (Wildman–Crippen MR) is 97.8 cm³/mol. The summed E-state index contributed by atoms with van der Waals surface area (Å²) in [5, 5.41) is 8.74. The summed E-state index contributed by atoms with van der Waals surface area (Å²) < 4.78 is 8.60. The van der Waals surface area contributed by atoms with Gasteiger partial charge in [-0.2, -0.15) is 10.2 Å². The van der Waals surface area contributed by atoms with Crippen LogP contribution in [0.3, 0.4) is 0 Å². The zero-order valence-electron chi connectivity index (χ0n) is 14.6. The molecule has 1 aromatic carbocycles. The predicted octanol–water partition coefficient (Wildman–Crippen LogP) is 3.40. The molecule has 0 spiro atoms. The molecule has 1 saturated carbocycles. The Kier molecular flexibility index (Phi) is 4.28. The highest BCUT2D eigenvalue weighted by Gasteiger charge is 2.45. The monoisotopic (exact) mass is 370 g/mol. The quantitative estimate of drug-likeness (QED) is 0.510. The minimum Gasteiger partial charge on any atom is -0.465 e. The number of aryl methyl sites for hydroxylation is 1. The van der Waals surface area contributed by atoms with Crippen molar-refractivity contribution in [2.45, 2.75) is 24.1 Å². The van der Waals surface area contributed by atoms with Crippen LogP contribution >= 0.6 is 11.6 Å². The van der Waals surface area contributed by atoms with E-state index in [-0.39, 0.29) is 11.9 Å². The molecule has 0 aliphatic heterocycles. The second-order valence-corrected chi connectivity index (χ2v) is 6.81. The number of benzene rings is 1. The zero-order chi connectivity index (χ0) is 18.3. The number of carbonyl (C=O) groups excluding carboxylic acids is 1. The van der Waals surface area contributed by atoms with Gasteiger partial charge in [0.25, 0.3) is 0 Å². The van der Waals surface area contributed by atoms with Gasteiger partial charge in [-0.25, -0.2) is 9.48 Å². The first-order valence-electron chi connectivity index (χ1n) is 8.42. The van der Waals surface area contributed by atoms with Crippen LogP contribution in [0.4, 0.5) is 0 Å². The van der Waals surface area contributed by atoms with E-state index in [2.05, 4.69) is 10.2 Å². The summed E-state index contributed by atoms with van der Waals surface area (Å²) in [4.78, 5) is 12.3. The van der Waals surface area contributed by atoms with Crippen molar-refractivity contribution in [3.63, 3.8) is 0 Å². The molecule has 7 heteroatoms. The smallest absolute Gasteiger partial charge is 0.341 e. The topological polar surface area (TPSA) is 61.9 Å². The highest BCUT2D eigenvalue weighted by atomic mass is 35.5. The fourth-order valence-corrected chi connectivity index (χ4v) is 3.62. The molecule has 134 valence electrons. The van der Waals surface area contributed by atoms with Crippen molar-refractivity contribution in [2.24, 2.45) is 7.05 Å². The van der Waals surface area contributed by atoms with Gasteiger partial charge in [0.2, 0.25) is 0 Å². The van der Waals surface area contributed by atoms with Crippen LogP contribution in [0, 0.1) is 0 Å². The van der Waals surface area contributed by atoms with Gasteiger partial charge < -0.3 is 4.74 Å². The van der Waals surface area contributed by atoms with Gasteiger partial charge in [0.15, 0.2) is 0 Å². The maximum absolute atomic E-state index is 12.3. The van der Waals surface area contributed by atoms with Crippen LogP contribution in [-0.4, -0.2) is 32.6 Å². The molecule has 2 aromatic heterocycles. The number of rotatable bonds is 5. The molecule has 3 aromatic rings. The lowest BCUT2D eigenvalue weighted by Gasteiger charge is -2.10. The Morgan fingerprint density at radius 3 is 2.85 bits per heavy atom. The zero-order valence-corrected chi connectivity index (χ0v) is 15.3. The first kappa shape index (κ1) is 16.8. The van der Waals surface area contributed by atoms with Crippen molar-refractivity contribution in [1.82, 2.24) is 19.6 Å². The first-order chi connectivity index (χ1) is 12.6. The fourth-order valence-electron chi connectivity index (χ4n) is 3.46. The highest BCUT2D eigenvalue weighted by molar-refractivity contribution is 6.17. The normalized spacial score (nSPS) is 18.7. The maximum atomic E-state index is 12.3. The van der Waals surface area contributed by atoms with E-state index in [4.69, 9.17) is 16.3 Å². The second-order valence-electron chi connectivity index (χ2n) is 6.55. The van der Waals surface area contributed by atoms with Gasteiger partial charge in [0, 0.05) is 25.0 Å². The van der Waals surface area contributed by atoms with Crippen molar-refractivity contribution in [2.75, 3.05) is 7.11 Å². The number of aromatic nitrogens is 4. The SMILES string of the molecule is COC(=O)c1cnn(-c2cccc(CCl)c2)c1C1CC1c1cnn(C)c1. The molecule has 1 aliphatic carbocycles. The highest BCUT2D eigenvalue weighted by Crippen LogP contribution is 2.55. The number of esters is 1. The lowest BCUT2D eigenvalue weighted by atomic mass is 10.1. The van der Waals surface area contributed by atoms with Gasteiger partial charge >= 0.3 is 5.97 Å². The van der Waals surface area contributed by atoms with Crippen molar-refractivity contribution < 1.29 is 9.53 Å². The molecule has 0 amide bonds. The third-order valence-corrected chi connectivity index (χ3v) is 5.12. The second kappa shape index (κ2) is 6.61. The Bertz CT molecular complexity index is 962. The van der Waals surface area contributed by atoms with Crippen LogP contribution in [0.1, 0.15) is 45.4 Å². The van der Waals surface area contributed by atoms with E-state index in [1.165, 1.54) is 12.7 Å². The van der Waals surface area contributed by atoms with E-state index in [1.807, 2.05) is 48.4 Å². The molecule has 6 nitrogen and oxygen atoms in total. The summed E-state index contributed by atoms with van der Waals surface area (Å²) in [6.45, 7) is 0. The van der Waals surface area contributed by atoms with E-state index >= 15 is 0 Å². The summed E-state index contributed by atoms with van der Waals surface area (Å²) in [7, 11) is 3.30. The Balaban J connectivity index is 1.76. The molecule has 26 heavy (non-hydrogen) atoms. The van der Waals surface area contributed by atoms with Gasteiger partial charge in [-0.3, -0.25) is 4.68 Å². The Labute approximate surface area is 156 Å². The molecule has 0 radical (unpaired) electrons. The van der Waals surface area contributed by atoms with E-state index < -0.39 is 0 Å². The van der Waals surface area contributed by atoms with Gasteiger partial charge in [0.1, 0.15) is 5.56 Å². The molecule has 4 rings (SSSR count). The largest absolute Gasteiger partial charge is 0.465 e. The van der Waals surface area contributed by atoms with E-state index in [9.17, 15) is 4.79 Å². The minimum atomic E-state index is -0.364. The van der Waals surface area contributed by atoms with Crippen molar-refractivity contribution in [3.05, 3.63) is 65.2 Å². The van der Waals surface area contributed by atoms with Crippen molar-refractivity contribution in [3.8, 4) is 5.69 Å². The Morgan fingerprint density at radius 2 is 2.15 bits per heavy atom. The average Bonchev–Trinajstić information content (AvgIpc) is 3.12. The van der Waals surface area contributed by atoms with E-state index in [0.29, 0.717) is 17.4 Å². The summed E-state index contributed by atoms with van der Waals surface area (Å²) in [5.41, 5.74) is 4.48. The summed E-state index contributed by atoms with van der Waals surface area (Å²) >= 11 is 5.97. The lowest BCUT2D eigenvalue weighted by Crippen LogP contribution is -2.08. The molecule has 1 aliphatic rings. The molecule has 0 saturated heterocycles. The Morgan fingerprint density at radius 1 is 1.31 bits per heavy atom. The molecular formula is C19H19ClN4O2. The first-order valence-corrected chi connectivity index (χ1v) is 8.96. The number of hydrogen-bond donors (Lipinski definition) is 0. The number of carbonyl (C=O) groups is 1. The number of ether oxygens (including phenoxy) is 1. The molecular weight excluding hydrogens is 352 g/mol. The standard InChI is InChI=1S/C19H19ClN4O2/c1-23-11-13(9-21-23)15-7-16(15)18-17(19(25)26-2)10-22-24(18)14-5-3-4-12(6-14)8-20/h3-6,9-11,15-16H,7-8H2,1-2H3. The number of alkyl halides is 1. The van der Waals surface area contributed by atoms with Crippen molar-refractivity contribution >= 4 is 17.6 Å². The summed E-state index contributed by atoms with van der Waals surface area (Å²) in [5.74, 6) is 0.599. The van der Waals surface area contributed by atoms with Crippen molar-refractivity contribution in [1.29, 1.82) is 0 Å². The molecule has 2 heterocycles. The minimum absolute atomic E-state index is 0.204. The lowest BCUT2D eigenvalue weighted by molar-refractivity contribution is 0.0599. The summed E-state index contributed by atoms with van der Waals surface area (Å²) in [6, 6.07) is 7.87. The van der Waals surface area contributed by atoms with Crippen LogP contribution in [0.15, 0.2) is 42.9 Å². The van der Waals surface area contributed by atoms with E-state index in [1.54, 1.807) is 10.9 Å². The average molecular weight is 371 g/mol. The van der Waals surface area contributed by atoms with Gasteiger partial charge in [-0.05, 0) is 35.6 Å². The van der Waals surface area contributed by atoms with Gasteiger partial charge in [0.05, 0.1) is 30.9 Å². The Hall–Kier alpha value is -2.60. The fraction of sp³-hybridized carbons (Fsp3) is 0.316. The molecule has 1 fully saturated rings. The number of nitrogens with zero attached hydrogens (tertiary/aromatic N) is 4.